The first-order chi connectivity index (χ1) is 8.69. The Morgan fingerprint density at radius 3 is 2.67 bits per heavy atom. The highest BCUT2D eigenvalue weighted by Gasteiger charge is 2.08. The summed E-state index contributed by atoms with van der Waals surface area (Å²) < 4.78 is 5.17. The Bertz CT molecular complexity index is 551. The second-order valence-corrected chi connectivity index (χ2v) is 4.24. The molecule has 1 N–H and O–H groups in total. The summed E-state index contributed by atoms with van der Waals surface area (Å²) in [6.45, 7) is 4.70. The minimum atomic E-state index is 0.377. The third-order valence-corrected chi connectivity index (χ3v) is 2.40. The molecule has 0 atom stereocenters. The van der Waals surface area contributed by atoms with Gasteiger partial charge in [0.15, 0.2) is 5.82 Å². The van der Waals surface area contributed by atoms with Gasteiger partial charge in [0.05, 0.1) is 18.2 Å². The molecule has 92 valence electrons. The highest BCUT2D eigenvalue weighted by Crippen LogP contribution is 2.17. The molecule has 0 aliphatic heterocycles. The fraction of sp³-hybridized carbons (Fsp3) is 0.308. The lowest BCUT2D eigenvalue weighted by molar-refractivity contribution is 0.417. The van der Waals surface area contributed by atoms with E-state index in [0.29, 0.717) is 29.9 Å². The molecule has 5 heteroatoms. The second-order valence-electron chi connectivity index (χ2n) is 4.24. The van der Waals surface area contributed by atoms with E-state index in [9.17, 15) is 0 Å². The molecule has 5 nitrogen and oxygen atoms in total. The molecule has 0 aliphatic rings. The number of nitrogens with one attached hydrogen (secondary N) is 1. The van der Waals surface area contributed by atoms with Crippen LogP contribution in [0.4, 0.5) is 0 Å². The largest absolute Gasteiger partial charge is 0.334 e. The van der Waals surface area contributed by atoms with Crippen molar-refractivity contribution in [1.82, 2.24) is 15.5 Å². The summed E-state index contributed by atoms with van der Waals surface area (Å²) in [7, 11) is 0. The molecular formula is C13H14N4O. The predicted octanol–water partition coefficient (Wildman–Crippen LogP) is 2.11. The standard InChI is InChI=1S/C13H14N4O/c1-9(2)15-8-12-16-13(18-17-12)11-5-3-10(7-14)4-6-11/h3-6,9,15H,8H2,1-2H3. The SMILES string of the molecule is CC(C)NCc1noc(-c2ccc(C#N)cc2)n1. The zero-order chi connectivity index (χ0) is 13.0. The van der Waals surface area contributed by atoms with Gasteiger partial charge in [-0.2, -0.15) is 10.2 Å². The van der Waals surface area contributed by atoms with E-state index in [4.69, 9.17) is 9.78 Å². The Balaban J connectivity index is 2.11. The van der Waals surface area contributed by atoms with E-state index < -0.39 is 0 Å². The first-order valence-corrected chi connectivity index (χ1v) is 5.75. The number of benzene rings is 1. The molecule has 0 saturated heterocycles. The summed E-state index contributed by atoms with van der Waals surface area (Å²) >= 11 is 0. The Hall–Kier alpha value is -2.19. The fourth-order valence-electron chi connectivity index (χ4n) is 1.43. The lowest BCUT2D eigenvalue weighted by Crippen LogP contribution is -2.22. The summed E-state index contributed by atoms with van der Waals surface area (Å²) in [4.78, 5) is 4.28. The quantitative estimate of drug-likeness (QED) is 0.888. The van der Waals surface area contributed by atoms with Gasteiger partial charge in [-0.3, -0.25) is 0 Å². The van der Waals surface area contributed by atoms with Crippen molar-refractivity contribution in [3.05, 3.63) is 35.7 Å². The lowest BCUT2D eigenvalue weighted by atomic mass is 10.1. The minimum Gasteiger partial charge on any atom is -0.334 e. The molecular weight excluding hydrogens is 228 g/mol. The van der Waals surface area contributed by atoms with Gasteiger partial charge >= 0.3 is 0 Å². The van der Waals surface area contributed by atoms with Crippen molar-refractivity contribution in [3.63, 3.8) is 0 Å². The van der Waals surface area contributed by atoms with Crippen LogP contribution in [0.1, 0.15) is 25.2 Å². The number of nitriles is 1. The molecule has 0 spiro atoms. The van der Waals surface area contributed by atoms with Crippen LogP contribution in [-0.4, -0.2) is 16.2 Å². The van der Waals surface area contributed by atoms with Crippen LogP contribution >= 0.6 is 0 Å². The van der Waals surface area contributed by atoms with Crippen molar-refractivity contribution >= 4 is 0 Å². The molecule has 2 rings (SSSR count). The fourth-order valence-corrected chi connectivity index (χ4v) is 1.43. The average molecular weight is 242 g/mol. The number of hydrogen-bond acceptors (Lipinski definition) is 5. The maximum atomic E-state index is 8.72. The third-order valence-electron chi connectivity index (χ3n) is 2.40. The molecule has 1 heterocycles. The van der Waals surface area contributed by atoms with Gasteiger partial charge in [0.25, 0.3) is 5.89 Å². The predicted molar refractivity (Wildman–Crippen MR) is 66.4 cm³/mol. The van der Waals surface area contributed by atoms with Crippen molar-refractivity contribution < 1.29 is 4.52 Å². The van der Waals surface area contributed by atoms with E-state index in [1.165, 1.54) is 0 Å². The van der Waals surface area contributed by atoms with Crippen LogP contribution in [0.3, 0.4) is 0 Å². The van der Waals surface area contributed by atoms with Gasteiger partial charge in [0.2, 0.25) is 0 Å². The van der Waals surface area contributed by atoms with Crippen molar-refractivity contribution in [2.75, 3.05) is 0 Å². The van der Waals surface area contributed by atoms with Crippen molar-refractivity contribution in [3.8, 4) is 17.5 Å². The molecule has 0 amide bonds. The first kappa shape index (κ1) is 12.3. The molecule has 2 aromatic rings. The Kier molecular flexibility index (Phi) is 3.70. The minimum absolute atomic E-state index is 0.377. The molecule has 0 saturated carbocycles. The van der Waals surface area contributed by atoms with Crippen LogP contribution in [0, 0.1) is 11.3 Å². The smallest absolute Gasteiger partial charge is 0.257 e. The van der Waals surface area contributed by atoms with Crippen LogP contribution in [0.2, 0.25) is 0 Å². The Labute approximate surface area is 105 Å². The van der Waals surface area contributed by atoms with Crippen LogP contribution in [0.15, 0.2) is 28.8 Å². The first-order valence-electron chi connectivity index (χ1n) is 5.75. The number of nitrogens with zero attached hydrogens (tertiary/aromatic N) is 3. The Morgan fingerprint density at radius 2 is 2.06 bits per heavy atom. The molecule has 0 unspecified atom stereocenters. The van der Waals surface area contributed by atoms with Gasteiger partial charge in [-0.15, -0.1) is 0 Å². The average Bonchev–Trinajstić information content (AvgIpc) is 2.85. The highest BCUT2D eigenvalue weighted by molar-refractivity contribution is 5.54. The zero-order valence-corrected chi connectivity index (χ0v) is 10.3. The van der Waals surface area contributed by atoms with Gasteiger partial charge in [0, 0.05) is 11.6 Å². The van der Waals surface area contributed by atoms with Gasteiger partial charge in [-0.1, -0.05) is 19.0 Å². The van der Waals surface area contributed by atoms with Crippen LogP contribution in [-0.2, 0) is 6.54 Å². The van der Waals surface area contributed by atoms with E-state index in [0.717, 1.165) is 5.56 Å². The van der Waals surface area contributed by atoms with Crippen molar-refractivity contribution in [1.29, 1.82) is 5.26 Å². The van der Waals surface area contributed by atoms with Crippen LogP contribution in [0.5, 0.6) is 0 Å². The highest BCUT2D eigenvalue weighted by atomic mass is 16.5. The maximum absolute atomic E-state index is 8.72. The number of hydrogen-bond donors (Lipinski definition) is 1. The number of aromatic nitrogens is 2. The summed E-state index contributed by atoms with van der Waals surface area (Å²) in [5, 5.41) is 15.8. The number of rotatable bonds is 4. The van der Waals surface area contributed by atoms with E-state index >= 15 is 0 Å². The van der Waals surface area contributed by atoms with Crippen LogP contribution in [0.25, 0.3) is 11.5 Å². The zero-order valence-electron chi connectivity index (χ0n) is 10.3. The Morgan fingerprint density at radius 1 is 1.33 bits per heavy atom. The third kappa shape index (κ3) is 2.93. The topological polar surface area (TPSA) is 74.7 Å². The molecule has 0 radical (unpaired) electrons. The van der Waals surface area contributed by atoms with E-state index in [1.54, 1.807) is 24.3 Å². The molecule has 0 bridgehead atoms. The van der Waals surface area contributed by atoms with E-state index in [2.05, 4.69) is 35.4 Å². The monoisotopic (exact) mass is 242 g/mol. The maximum Gasteiger partial charge on any atom is 0.257 e. The van der Waals surface area contributed by atoms with Gasteiger partial charge in [0.1, 0.15) is 0 Å². The summed E-state index contributed by atoms with van der Waals surface area (Å²) in [5.74, 6) is 1.10. The molecule has 0 fully saturated rings. The summed E-state index contributed by atoms with van der Waals surface area (Å²) in [5.41, 5.74) is 1.43. The van der Waals surface area contributed by atoms with Crippen molar-refractivity contribution in [2.45, 2.75) is 26.4 Å². The van der Waals surface area contributed by atoms with Crippen molar-refractivity contribution in [2.24, 2.45) is 0 Å². The van der Waals surface area contributed by atoms with E-state index in [-0.39, 0.29) is 0 Å². The summed E-state index contributed by atoms with van der Waals surface area (Å²) in [6.07, 6.45) is 0. The lowest BCUT2D eigenvalue weighted by Gasteiger charge is -2.03. The molecule has 1 aromatic heterocycles. The normalized spacial score (nSPS) is 10.6. The molecule has 0 aliphatic carbocycles. The van der Waals surface area contributed by atoms with E-state index in [1.807, 2.05) is 0 Å². The van der Waals surface area contributed by atoms with Gasteiger partial charge in [-0.05, 0) is 24.3 Å². The van der Waals surface area contributed by atoms with Gasteiger partial charge in [-0.25, -0.2) is 0 Å². The summed E-state index contributed by atoms with van der Waals surface area (Å²) in [6, 6.07) is 9.49. The second kappa shape index (κ2) is 5.43. The molecule has 1 aromatic carbocycles. The molecule has 18 heavy (non-hydrogen) atoms. The van der Waals surface area contributed by atoms with Gasteiger partial charge < -0.3 is 9.84 Å². The van der Waals surface area contributed by atoms with Crippen LogP contribution < -0.4 is 5.32 Å².